The molecule has 1 aromatic heterocycles. The fraction of sp³-hybridized carbons (Fsp3) is 0.600. The molecule has 1 aliphatic heterocycles. The van der Waals surface area contributed by atoms with Crippen LogP contribution in [0.4, 0.5) is 13.2 Å². The lowest BCUT2D eigenvalue weighted by atomic mass is 10.0. The SMILES string of the molecule is CCO[C@H]1CC2CC1CN2C(=O)c1ccnc(C(F)(F)F)c1. The molecular formula is C15H17F3N2O2. The molecule has 1 aliphatic carbocycles. The highest BCUT2D eigenvalue weighted by atomic mass is 19.4. The largest absolute Gasteiger partial charge is 0.433 e. The van der Waals surface area contributed by atoms with Crippen LogP contribution in [-0.2, 0) is 10.9 Å². The maximum atomic E-state index is 12.7. The van der Waals surface area contributed by atoms with Crippen LogP contribution < -0.4 is 0 Å². The number of nitrogens with zero attached hydrogens (tertiary/aromatic N) is 2. The number of carbonyl (C=O) groups excluding carboxylic acids is 1. The number of halogens is 3. The normalized spacial score (nSPS) is 27.5. The van der Waals surface area contributed by atoms with Gasteiger partial charge in [-0.15, -0.1) is 0 Å². The first kappa shape index (κ1) is 15.3. The quantitative estimate of drug-likeness (QED) is 0.861. The number of pyridine rings is 1. The second kappa shape index (κ2) is 5.53. The van der Waals surface area contributed by atoms with E-state index in [0.717, 1.165) is 25.1 Å². The first-order chi connectivity index (χ1) is 10.4. The lowest BCUT2D eigenvalue weighted by Crippen LogP contribution is -2.42. The number of rotatable bonds is 3. The Morgan fingerprint density at radius 1 is 1.45 bits per heavy atom. The van der Waals surface area contributed by atoms with Crippen molar-refractivity contribution < 1.29 is 22.7 Å². The summed E-state index contributed by atoms with van der Waals surface area (Å²) in [4.78, 5) is 17.4. The van der Waals surface area contributed by atoms with Crippen molar-refractivity contribution >= 4 is 5.91 Å². The summed E-state index contributed by atoms with van der Waals surface area (Å²) in [6.45, 7) is 3.13. The van der Waals surface area contributed by atoms with Gasteiger partial charge in [0.2, 0.25) is 0 Å². The van der Waals surface area contributed by atoms with Crippen molar-refractivity contribution in [3.8, 4) is 0 Å². The van der Waals surface area contributed by atoms with Crippen molar-refractivity contribution in [2.75, 3.05) is 13.2 Å². The van der Waals surface area contributed by atoms with Crippen LogP contribution in [0.15, 0.2) is 18.3 Å². The Balaban J connectivity index is 1.74. The van der Waals surface area contributed by atoms with Crippen LogP contribution in [0.3, 0.4) is 0 Å². The Hall–Kier alpha value is -1.63. The fourth-order valence-electron chi connectivity index (χ4n) is 3.46. The average Bonchev–Trinajstić information content (AvgIpc) is 3.06. The summed E-state index contributed by atoms with van der Waals surface area (Å²) in [6, 6.07) is 2.23. The molecule has 0 aromatic carbocycles. The van der Waals surface area contributed by atoms with Gasteiger partial charge in [-0.1, -0.05) is 0 Å². The van der Waals surface area contributed by atoms with Gasteiger partial charge in [-0.25, -0.2) is 0 Å². The molecule has 1 saturated carbocycles. The number of aromatic nitrogens is 1. The first-order valence-electron chi connectivity index (χ1n) is 7.36. The molecule has 0 spiro atoms. The predicted molar refractivity (Wildman–Crippen MR) is 72.2 cm³/mol. The third kappa shape index (κ3) is 2.69. The number of ether oxygens (including phenoxy) is 1. The molecule has 120 valence electrons. The Morgan fingerprint density at radius 3 is 2.82 bits per heavy atom. The number of hydrogen-bond acceptors (Lipinski definition) is 3. The molecule has 3 rings (SSSR count). The summed E-state index contributed by atoms with van der Waals surface area (Å²) < 4.78 is 43.7. The van der Waals surface area contributed by atoms with Crippen LogP contribution in [0, 0.1) is 5.92 Å². The Kier molecular flexibility index (Phi) is 3.84. The maximum absolute atomic E-state index is 12.7. The molecule has 0 N–H and O–H groups in total. The van der Waals surface area contributed by atoms with Crippen molar-refractivity contribution in [1.82, 2.24) is 9.88 Å². The standard InChI is InChI=1S/C15H17F3N2O2/c1-2-22-12-7-11-5-10(12)8-20(11)14(21)9-3-4-19-13(6-9)15(16,17)18/h3-4,6,10-12H,2,5,7-8H2,1H3/t10?,11?,12-/m0/s1. The van der Waals surface area contributed by atoms with Crippen molar-refractivity contribution in [2.45, 2.75) is 38.1 Å². The number of likely N-dealkylation sites (tertiary alicyclic amines) is 1. The topological polar surface area (TPSA) is 42.4 Å². The zero-order valence-corrected chi connectivity index (χ0v) is 12.1. The summed E-state index contributed by atoms with van der Waals surface area (Å²) in [7, 11) is 0. The van der Waals surface area contributed by atoms with Crippen molar-refractivity contribution in [2.24, 2.45) is 5.92 Å². The third-order valence-electron chi connectivity index (χ3n) is 4.42. The first-order valence-corrected chi connectivity index (χ1v) is 7.36. The van der Waals surface area contributed by atoms with Gasteiger partial charge in [-0.2, -0.15) is 13.2 Å². The van der Waals surface area contributed by atoms with Gasteiger partial charge in [0.15, 0.2) is 0 Å². The van der Waals surface area contributed by atoms with Crippen LogP contribution in [-0.4, -0.2) is 41.1 Å². The van der Waals surface area contributed by atoms with Crippen LogP contribution in [0.25, 0.3) is 0 Å². The zero-order valence-electron chi connectivity index (χ0n) is 12.1. The second-order valence-electron chi connectivity index (χ2n) is 5.76. The van der Waals surface area contributed by atoms with Gasteiger partial charge in [0, 0.05) is 36.9 Å². The van der Waals surface area contributed by atoms with Crippen LogP contribution in [0.2, 0.25) is 0 Å². The van der Waals surface area contributed by atoms with Crippen LogP contribution in [0.1, 0.15) is 35.8 Å². The zero-order chi connectivity index (χ0) is 15.9. The molecule has 4 nitrogen and oxygen atoms in total. The molecule has 22 heavy (non-hydrogen) atoms. The molecule has 0 radical (unpaired) electrons. The van der Waals surface area contributed by atoms with Crippen molar-refractivity contribution in [3.63, 3.8) is 0 Å². The molecule has 1 amide bonds. The van der Waals surface area contributed by atoms with Gasteiger partial charge in [0.25, 0.3) is 5.91 Å². The molecule has 2 bridgehead atoms. The summed E-state index contributed by atoms with van der Waals surface area (Å²) in [6.07, 6.45) is -1.70. The van der Waals surface area contributed by atoms with Gasteiger partial charge < -0.3 is 9.64 Å². The van der Waals surface area contributed by atoms with E-state index in [1.54, 1.807) is 4.90 Å². The molecule has 1 saturated heterocycles. The van der Waals surface area contributed by atoms with E-state index in [-0.39, 0.29) is 29.5 Å². The van der Waals surface area contributed by atoms with E-state index in [1.165, 1.54) is 6.07 Å². The lowest BCUT2D eigenvalue weighted by Gasteiger charge is -2.31. The lowest BCUT2D eigenvalue weighted by molar-refractivity contribution is -0.141. The molecule has 2 unspecified atom stereocenters. The molecule has 2 aliphatic rings. The van der Waals surface area contributed by atoms with E-state index in [9.17, 15) is 18.0 Å². The van der Waals surface area contributed by atoms with Gasteiger partial charge in [-0.3, -0.25) is 9.78 Å². The van der Waals surface area contributed by atoms with Crippen LogP contribution in [0.5, 0.6) is 0 Å². The Morgan fingerprint density at radius 2 is 2.23 bits per heavy atom. The highest BCUT2D eigenvalue weighted by molar-refractivity contribution is 5.94. The fourth-order valence-corrected chi connectivity index (χ4v) is 3.46. The molecule has 7 heteroatoms. The second-order valence-corrected chi connectivity index (χ2v) is 5.76. The summed E-state index contributed by atoms with van der Waals surface area (Å²) in [5, 5.41) is 0. The number of piperidine rings is 1. The number of carbonyl (C=O) groups is 1. The van der Waals surface area contributed by atoms with Gasteiger partial charge in [0.1, 0.15) is 5.69 Å². The van der Waals surface area contributed by atoms with E-state index >= 15 is 0 Å². The average molecular weight is 314 g/mol. The van der Waals surface area contributed by atoms with Crippen molar-refractivity contribution in [1.29, 1.82) is 0 Å². The summed E-state index contributed by atoms with van der Waals surface area (Å²) >= 11 is 0. The van der Waals surface area contributed by atoms with E-state index in [1.807, 2.05) is 6.92 Å². The molecule has 2 heterocycles. The van der Waals surface area contributed by atoms with E-state index in [4.69, 9.17) is 4.74 Å². The number of amides is 1. The van der Waals surface area contributed by atoms with Crippen LogP contribution >= 0.6 is 0 Å². The monoisotopic (exact) mass is 314 g/mol. The number of alkyl halides is 3. The minimum absolute atomic E-state index is 0.0443. The summed E-state index contributed by atoms with van der Waals surface area (Å²) in [5.74, 6) is -0.0619. The van der Waals surface area contributed by atoms with E-state index in [2.05, 4.69) is 4.98 Å². The highest BCUT2D eigenvalue weighted by Gasteiger charge is 2.47. The Bertz CT molecular complexity index is 576. The maximum Gasteiger partial charge on any atom is 0.433 e. The number of hydrogen-bond donors (Lipinski definition) is 0. The van der Waals surface area contributed by atoms with Crippen molar-refractivity contribution in [3.05, 3.63) is 29.6 Å². The Labute approximate surface area is 126 Å². The minimum atomic E-state index is -4.54. The third-order valence-corrected chi connectivity index (χ3v) is 4.42. The minimum Gasteiger partial charge on any atom is -0.378 e. The van der Waals surface area contributed by atoms with E-state index < -0.39 is 11.9 Å². The predicted octanol–water partition coefficient (Wildman–Crippen LogP) is 2.74. The molecule has 2 fully saturated rings. The van der Waals surface area contributed by atoms with Gasteiger partial charge >= 0.3 is 6.18 Å². The van der Waals surface area contributed by atoms with Gasteiger partial charge in [0.05, 0.1) is 6.10 Å². The number of fused-ring (bicyclic) bond motifs is 2. The smallest absolute Gasteiger partial charge is 0.378 e. The molecule has 3 atom stereocenters. The molecule has 1 aromatic rings. The highest BCUT2D eigenvalue weighted by Crippen LogP contribution is 2.40. The van der Waals surface area contributed by atoms with E-state index in [0.29, 0.717) is 13.2 Å². The molecular weight excluding hydrogens is 297 g/mol. The summed E-state index contributed by atoms with van der Waals surface area (Å²) in [5.41, 5.74) is -0.988. The van der Waals surface area contributed by atoms with Gasteiger partial charge in [-0.05, 0) is 31.9 Å².